The molecule has 0 radical (unpaired) electrons. The van der Waals surface area contributed by atoms with E-state index in [0.717, 1.165) is 39.8 Å². The summed E-state index contributed by atoms with van der Waals surface area (Å²) >= 11 is 0. The van der Waals surface area contributed by atoms with Crippen LogP contribution < -0.4 is 4.90 Å². The number of pyridine rings is 1. The summed E-state index contributed by atoms with van der Waals surface area (Å²) in [4.78, 5) is 6.37. The summed E-state index contributed by atoms with van der Waals surface area (Å²) in [5.74, 6) is 13.0. The fourth-order valence-electron chi connectivity index (χ4n) is 3.26. The number of hydrogen-bond donors (Lipinski definition) is 0. The number of hydrogen-bond acceptors (Lipinski definition) is 3. The Balaban J connectivity index is 0. The third-order valence-corrected chi connectivity index (χ3v) is 4.81. The highest BCUT2D eigenvalue weighted by molar-refractivity contribution is 5.75. The maximum absolute atomic E-state index is 6.29. The van der Waals surface area contributed by atoms with Crippen molar-refractivity contribution in [2.45, 2.75) is 20.8 Å². The molecule has 0 saturated heterocycles. The molecule has 0 aliphatic heterocycles. The SMILES string of the molecule is CC#CC#Cc1ccc(N(c2ccc(C)cc2)c2ccc(-c3ccnc(C)c3)o2)cc1.[HH].[HH].[HH].[HH].[HH]. The first kappa shape index (κ1) is 20.1. The number of rotatable bonds is 4. The van der Waals surface area contributed by atoms with Crippen LogP contribution in [0.25, 0.3) is 11.3 Å². The standard InChI is InChI=1S/C28H22N2O.5H2/c1-4-5-6-7-23-10-14-26(15-11-23)30(25-12-8-21(2)9-13-25)28-17-16-27(31-28)24-18-19-29-22(3)20-24;;;;;/h8-20H,1-3H3;5*1H. The maximum Gasteiger partial charge on any atom is 0.205 e. The van der Waals surface area contributed by atoms with Crippen LogP contribution in [0.4, 0.5) is 17.3 Å². The van der Waals surface area contributed by atoms with Gasteiger partial charge in [0, 0.05) is 47.6 Å². The van der Waals surface area contributed by atoms with E-state index in [1.54, 1.807) is 13.1 Å². The van der Waals surface area contributed by atoms with Crippen molar-refractivity contribution < 1.29 is 11.6 Å². The van der Waals surface area contributed by atoms with Crippen LogP contribution in [0.5, 0.6) is 0 Å². The van der Waals surface area contributed by atoms with Crippen molar-refractivity contribution in [1.82, 2.24) is 4.98 Å². The van der Waals surface area contributed by atoms with Crippen molar-refractivity contribution in [2.24, 2.45) is 0 Å². The Morgan fingerprint density at radius 2 is 1.55 bits per heavy atom. The Morgan fingerprint density at radius 1 is 0.839 bits per heavy atom. The van der Waals surface area contributed by atoms with Crippen LogP contribution in [0.3, 0.4) is 0 Å². The van der Waals surface area contributed by atoms with Gasteiger partial charge in [0.05, 0.1) is 0 Å². The summed E-state index contributed by atoms with van der Waals surface area (Å²) in [5, 5.41) is 0. The largest absolute Gasteiger partial charge is 0.440 e. The van der Waals surface area contributed by atoms with E-state index in [9.17, 15) is 0 Å². The molecule has 2 aromatic heterocycles. The fourth-order valence-corrected chi connectivity index (χ4v) is 3.26. The van der Waals surface area contributed by atoms with E-state index < -0.39 is 0 Å². The van der Waals surface area contributed by atoms with E-state index in [1.165, 1.54) is 5.56 Å². The van der Waals surface area contributed by atoms with Gasteiger partial charge >= 0.3 is 0 Å². The molecule has 31 heavy (non-hydrogen) atoms. The second-order valence-corrected chi connectivity index (χ2v) is 7.17. The van der Waals surface area contributed by atoms with Crippen molar-refractivity contribution in [3.05, 3.63) is 95.8 Å². The number of aryl methyl sites for hydroxylation is 2. The molecule has 0 spiro atoms. The molecule has 3 nitrogen and oxygen atoms in total. The van der Waals surface area contributed by atoms with Crippen molar-refractivity contribution in [3.63, 3.8) is 0 Å². The molecule has 4 aromatic rings. The normalized spacial score (nSPS) is 9.90. The lowest BCUT2D eigenvalue weighted by molar-refractivity contribution is 0.588. The highest BCUT2D eigenvalue weighted by Gasteiger charge is 2.17. The third kappa shape index (κ3) is 4.69. The molecule has 0 aliphatic rings. The summed E-state index contributed by atoms with van der Waals surface area (Å²) in [6, 6.07) is 24.4. The van der Waals surface area contributed by atoms with Crippen LogP contribution in [-0.2, 0) is 0 Å². The van der Waals surface area contributed by atoms with Crippen LogP contribution in [0.1, 0.15) is 30.9 Å². The summed E-state index contributed by atoms with van der Waals surface area (Å²) in [6.07, 6.45) is 1.80. The average molecular weight is 413 g/mol. The van der Waals surface area contributed by atoms with E-state index in [1.807, 2.05) is 55.5 Å². The molecule has 0 bridgehead atoms. The van der Waals surface area contributed by atoms with Gasteiger partial charge in [-0.15, -0.1) is 0 Å². The maximum atomic E-state index is 6.29. The van der Waals surface area contributed by atoms with Gasteiger partial charge in [0.1, 0.15) is 5.76 Å². The Morgan fingerprint density at radius 3 is 2.23 bits per heavy atom. The van der Waals surface area contributed by atoms with Crippen LogP contribution >= 0.6 is 0 Å². The number of furan rings is 1. The Labute approximate surface area is 190 Å². The third-order valence-electron chi connectivity index (χ3n) is 4.81. The van der Waals surface area contributed by atoms with Crippen molar-refractivity contribution in [2.75, 3.05) is 4.90 Å². The van der Waals surface area contributed by atoms with Crippen LogP contribution in [0.15, 0.2) is 83.4 Å². The Hall–Kier alpha value is -4.21. The van der Waals surface area contributed by atoms with Gasteiger partial charge in [0.2, 0.25) is 5.88 Å². The molecule has 160 valence electrons. The van der Waals surface area contributed by atoms with Gasteiger partial charge in [-0.05, 0) is 87.2 Å². The van der Waals surface area contributed by atoms with Crippen molar-refractivity contribution in [1.29, 1.82) is 0 Å². The zero-order valence-electron chi connectivity index (χ0n) is 17.8. The van der Waals surface area contributed by atoms with Crippen LogP contribution in [0.2, 0.25) is 0 Å². The lowest BCUT2D eigenvalue weighted by Gasteiger charge is -2.22. The first-order chi connectivity index (χ1) is 15.1. The molecule has 0 fully saturated rings. The second-order valence-electron chi connectivity index (χ2n) is 7.17. The monoisotopic (exact) mass is 412 g/mol. The first-order valence-electron chi connectivity index (χ1n) is 10.1. The zero-order chi connectivity index (χ0) is 21.6. The lowest BCUT2D eigenvalue weighted by atomic mass is 10.1. The highest BCUT2D eigenvalue weighted by Crippen LogP contribution is 2.37. The molecule has 3 heteroatoms. The van der Waals surface area contributed by atoms with E-state index in [-0.39, 0.29) is 7.13 Å². The molecule has 0 atom stereocenters. The molecule has 0 unspecified atom stereocenters. The Bertz CT molecular complexity index is 1330. The molecular weight excluding hydrogens is 380 g/mol. The van der Waals surface area contributed by atoms with Gasteiger partial charge < -0.3 is 4.42 Å². The van der Waals surface area contributed by atoms with Crippen molar-refractivity contribution in [3.8, 4) is 35.0 Å². The van der Waals surface area contributed by atoms with Gasteiger partial charge in [0.25, 0.3) is 0 Å². The predicted molar refractivity (Wildman–Crippen MR) is 137 cm³/mol. The summed E-state index contributed by atoms with van der Waals surface area (Å²) in [6.45, 7) is 5.84. The molecular formula is C28H32N2O. The Kier molecular flexibility index (Phi) is 5.88. The zero-order valence-corrected chi connectivity index (χ0v) is 17.8. The van der Waals surface area contributed by atoms with E-state index in [4.69, 9.17) is 4.42 Å². The first-order valence-corrected chi connectivity index (χ1v) is 10.1. The molecule has 2 heterocycles. The average Bonchev–Trinajstić information content (AvgIpc) is 3.26. The van der Waals surface area contributed by atoms with Crippen LogP contribution in [-0.4, -0.2) is 4.98 Å². The predicted octanol–water partition coefficient (Wildman–Crippen LogP) is 8.03. The van der Waals surface area contributed by atoms with Gasteiger partial charge in [-0.25, -0.2) is 0 Å². The molecule has 4 rings (SSSR count). The number of benzene rings is 2. The van der Waals surface area contributed by atoms with E-state index in [2.05, 4.69) is 64.8 Å². The summed E-state index contributed by atoms with van der Waals surface area (Å²) in [5.41, 5.74) is 6.10. The fraction of sp³-hybridized carbons (Fsp3) is 0.107. The molecule has 0 saturated carbocycles. The van der Waals surface area contributed by atoms with Gasteiger partial charge in [-0.3, -0.25) is 9.88 Å². The molecule has 0 amide bonds. The number of anilines is 3. The van der Waals surface area contributed by atoms with Gasteiger partial charge in [-0.1, -0.05) is 29.5 Å². The van der Waals surface area contributed by atoms with Gasteiger partial charge in [-0.2, -0.15) is 0 Å². The van der Waals surface area contributed by atoms with Crippen LogP contribution in [0, 0.1) is 37.5 Å². The number of aromatic nitrogens is 1. The minimum absolute atomic E-state index is 0. The highest BCUT2D eigenvalue weighted by atomic mass is 16.4. The summed E-state index contributed by atoms with van der Waals surface area (Å²) in [7, 11) is 0. The minimum Gasteiger partial charge on any atom is -0.440 e. The lowest BCUT2D eigenvalue weighted by Crippen LogP contribution is -2.08. The minimum atomic E-state index is 0. The van der Waals surface area contributed by atoms with Gasteiger partial charge in [0.15, 0.2) is 0 Å². The van der Waals surface area contributed by atoms with Crippen molar-refractivity contribution >= 4 is 17.3 Å². The number of nitrogens with zero attached hydrogens (tertiary/aromatic N) is 2. The molecule has 2 aromatic carbocycles. The molecule has 0 aliphatic carbocycles. The quantitative estimate of drug-likeness (QED) is 0.318. The van der Waals surface area contributed by atoms with E-state index in [0.29, 0.717) is 0 Å². The molecule has 0 N–H and O–H groups in total. The topological polar surface area (TPSA) is 29.3 Å². The summed E-state index contributed by atoms with van der Waals surface area (Å²) < 4.78 is 6.29. The smallest absolute Gasteiger partial charge is 0.205 e. The van der Waals surface area contributed by atoms with E-state index >= 15 is 0 Å². The second kappa shape index (κ2) is 9.08.